The highest BCUT2D eigenvalue weighted by Crippen LogP contribution is 2.32. The molecular formula is C26H33FN7O3+. The molecule has 5 rings (SSSR count). The van der Waals surface area contributed by atoms with Gasteiger partial charge in [-0.05, 0) is 38.3 Å². The predicted molar refractivity (Wildman–Crippen MR) is 136 cm³/mol. The first-order valence-corrected chi connectivity index (χ1v) is 12.7. The number of fused-ring (bicyclic) bond motifs is 1. The first kappa shape index (κ1) is 25.1. The van der Waals surface area contributed by atoms with Gasteiger partial charge in [0.25, 0.3) is 5.88 Å². The summed E-state index contributed by atoms with van der Waals surface area (Å²) in [5.74, 6) is 0.483. The molecule has 0 aromatic carbocycles. The minimum Gasteiger partial charge on any atom is -0.472 e. The van der Waals surface area contributed by atoms with Crippen molar-refractivity contribution < 1.29 is 24.0 Å². The molecule has 1 aliphatic rings. The summed E-state index contributed by atoms with van der Waals surface area (Å²) in [6.45, 7) is 4.39. The van der Waals surface area contributed by atoms with Gasteiger partial charge in [0.1, 0.15) is 17.6 Å². The molecule has 4 N–H and O–H groups in total. The van der Waals surface area contributed by atoms with Gasteiger partial charge < -0.3 is 20.3 Å². The summed E-state index contributed by atoms with van der Waals surface area (Å²) < 4.78 is 24.1. The fraction of sp³-hybridized carbons (Fsp3) is 0.462. The first-order chi connectivity index (χ1) is 18.0. The molecule has 0 amide bonds. The monoisotopic (exact) mass is 510 g/mol. The fourth-order valence-corrected chi connectivity index (χ4v) is 4.91. The third-order valence-electron chi connectivity index (χ3n) is 6.87. The molecule has 4 heterocycles. The lowest BCUT2D eigenvalue weighted by Gasteiger charge is -2.25. The molecule has 1 atom stereocenters. The van der Waals surface area contributed by atoms with E-state index in [1.165, 1.54) is 0 Å². The summed E-state index contributed by atoms with van der Waals surface area (Å²) in [6, 6.07) is 3.89. The lowest BCUT2D eigenvalue weighted by Crippen LogP contribution is -2.44. The average Bonchev–Trinajstić information content (AvgIpc) is 3.52. The van der Waals surface area contributed by atoms with E-state index in [-0.39, 0.29) is 31.2 Å². The number of aliphatic hydroxyl groups is 2. The van der Waals surface area contributed by atoms with E-state index in [0.29, 0.717) is 5.56 Å². The van der Waals surface area contributed by atoms with Crippen LogP contribution in [0.4, 0.5) is 10.2 Å². The third-order valence-corrected chi connectivity index (χ3v) is 6.87. The topological polar surface area (TPSA) is 125 Å². The smallest absolute Gasteiger partial charge is 0.250 e. The van der Waals surface area contributed by atoms with E-state index in [1.807, 2.05) is 25.4 Å². The number of pyridine rings is 2. The normalized spacial score (nSPS) is 18.7. The van der Waals surface area contributed by atoms with Gasteiger partial charge in [0.05, 0.1) is 36.9 Å². The SMILES string of the molecule is CCNc1cc2c(cn1)c(-c1cnn(C[C@@H](O)CO)c1)[nH][n+]2C1CCC(Oc2nccc(C)c2F)CC1. The van der Waals surface area contributed by atoms with Crippen LogP contribution in [0.25, 0.3) is 22.2 Å². The van der Waals surface area contributed by atoms with Crippen LogP contribution < -0.4 is 14.7 Å². The van der Waals surface area contributed by atoms with Crippen LogP contribution in [0, 0.1) is 12.7 Å². The van der Waals surface area contributed by atoms with Gasteiger partial charge in [-0.3, -0.25) is 4.68 Å². The maximum Gasteiger partial charge on any atom is 0.250 e. The minimum atomic E-state index is -0.872. The van der Waals surface area contributed by atoms with E-state index in [0.717, 1.165) is 60.2 Å². The fourth-order valence-electron chi connectivity index (χ4n) is 4.91. The van der Waals surface area contributed by atoms with Gasteiger partial charge in [-0.15, -0.1) is 4.68 Å². The van der Waals surface area contributed by atoms with Gasteiger partial charge >= 0.3 is 0 Å². The van der Waals surface area contributed by atoms with Crippen molar-refractivity contribution >= 4 is 16.7 Å². The molecule has 11 heteroatoms. The van der Waals surface area contributed by atoms with E-state index < -0.39 is 11.9 Å². The molecule has 0 spiro atoms. The first-order valence-electron chi connectivity index (χ1n) is 12.7. The highest BCUT2D eigenvalue weighted by Gasteiger charge is 2.33. The van der Waals surface area contributed by atoms with Gasteiger partial charge in [-0.1, -0.05) is 0 Å². The summed E-state index contributed by atoms with van der Waals surface area (Å²) in [7, 11) is 0. The highest BCUT2D eigenvalue weighted by molar-refractivity contribution is 5.91. The van der Waals surface area contributed by atoms with Crippen LogP contribution in [0.5, 0.6) is 5.88 Å². The molecule has 0 unspecified atom stereocenters. The number of ether oxygens (including phenoxy) is 1. The second-order valence-electron chi connectivity index (χ2n) is 9.56. The second-order valence-corrected chi connectivity index (χ2v) is 9.56. The zero-order chi connectivity index (χ0) is 25.9. The standard InChI is InChI=1S/C26H32FN7O3/c1-3-28-23-10-22-21(12-30-23)25(17-11-31-33(13-17)14-19(36)15-35)32-34(22)18-4-6-20(7-5-18)37-26-24(27)16(2)8-9-29-26/h8-13,18-20,35-36H,3-7,14-15H2,1-2H3,(H,28,30,32)/p+1/t18?,19-,20?/m1/s1. The summed E-state index contributed by atoms with van der Waals surface area (Å²) in [4.78, 5) is 8.66. The Labute approximate surface area is 214 Å². The molecule has 0 aliphatic heterocycles. The summed E-state index contributed by atoms with van der Waals surface area (Å²) in [5, 5.41) is 31.1. The van der Waals surface area contributed by atoms with E-state index in [1.54, 1.807) is 30.1 Å². The van der Waals surface area contributed by atoms with Crippen LogP contribution in [-0.4, -0.2) is 60.4 Å². The molecule has 1 fully saturated rings. The Bertz CT molecular complexity index is 1360. The maximum absolute atomic E-state index is 14.4. The van der Waals surface area contributed by atoms with Gasteiger partial charge in [0.2, 0.25) is 5.52 Å². The van der Waals surface area contributed by atoms with Crippen molar-refractivity contribution in [3.05, 3.63) is 48.3 Å². The summed E-state index contributed by atoms with van der Waals surface area (Å²) in [5.41, 5.74) is 3.31. The van der Waals surface area contributed by atoms with Crippen LogP contribution in [0.3, 0.4) is 0 Å². The van der Waals surface area contributed by atoms with Crippen LogP contribution in [-0.2, 0) is 6.54 Å². The Morgan fingerprint density at radius 1 is 1.27 bits per heavy atom. The van der Waals surface area contributed by atoms with Gasteiger partial charge in [-0.25, -0.2) is 14.4 Å². The summed E-state index contributed by atoms with van der Waals surface area (Å²) >= 11 is 0. The van der Waals surface area contributed by atoms with Crippen LogP contribution in [0.2, 0.25) is 0 Å². The molecular weight excluding hydrogens is 477 g/mol. The number of nitrogens with zero attached hydrogens (tertiary/aromatic N) is 5. The van der Waals surface area contributed by atoms with Crippen LogP contribution in [0.15, 0.2) is 36.9 Å². The van der Waals surface area contributed by atoms with E-state index in [2.05, 4.69) is 30.2 Å². The number of aromatic amines is 1. The molecule has 1 aliphatic carbocycles. The van der Waals surface area contributed by atoms with Crippen molar-refractivity contribution in [1.82, 2.24) is 24.8 Å². The zero-order valence-corrected chi connectivity index (χ0v) is 21.1. The largest absolute Gasteiger partial charge is 0.472 e. The number of rotatable bonds is 9. The Hall–Kier alpha value is -3.57. The Balaban J connectivity index is 1.40. The molecule has 0 radical (unpaired) electrons. The second kappa shape index (κ2) is 10.8. The Kier molecular flexibility index (Phi) is 7.33. The highest BCUT2D eigenvalue weighted by atomic mass is 19.1. The van der Waals surface area contributed by atoms with Crippen molar-refractivity contribution in [3.8, 4) is 17.1 Å². The van der Waals surface area contributed by atoms with Gasteiger partial charge in [0.15, 0.2) is 11.9 Å². The van der Waals surface area contributed by atoms with Crippen LogP contribution in [0.1, 0.15) is 44.2 Å². The molecule has 0 saturated heterocycles. The van der Waals surface area contributed by atoms with Crippen LogP contribution >= 0.6 is 0 Å². The molecule has 10 nitrogen and oxygen atoms in total. The molecule has 4 aromatic heterocycles. The molecule has 1 saturated carbocycles. The Morgan fingerprint density at radius 2 is 2.08 bits per heavy atom. The van der Waals surface area contributed by atoms with E-state index in [9.17, 15) is 9.50 Å². The number of nitrogens with one attached hydrogen (secondary N) is 2. The number of halogens is 1. The minimum absolute atomic E-state index is 0.0772. The summed E-state index contributed by atoms with van der Waals surface area (Å²) in [6.07, 6.45) is 9.35. The number of hydrogen-bond acceptors (Lipinski definition) is 7. The number of aromatic nitrogens is 6. The molecule has 37 heavy (non-hydrogen) atoms. The number of anilines is 1. The number of aryl methyl sites for hydroxylation is 1. The van der Waals surface area contributed by atoms with Crippen molar-refractivity contribution in [2.24, 2.45) is 0 Å². The van der Waals surface area contributed by atoms with E-state index in [4.69, 9.17) is 9.84 Å². The van der Waals surface area contributed by atoms with Crippen molar-refractivity contribution in [2.45, 2.75) is 64.3 Å². The van der Waals surface area contributed by atoms with Gasteiger partial charge in [-0.2, -0.15) is 10.2 Å². The lowest BCUT2D eigenvalue weighted by atomic mass is 9.93. The van der Waals surface area contributed by atoms with Gasteiger partial charge in [0, 0.05) is 43.5 Å². The van der Waals surface area contributed by atoms with Crippen molar-refractivity contribution in [2.75, 3.05) is 18.5 Å². The molecule has 4 aromatic rings. The maximum atomic E-state index is 14.4. The van der Waals surface area contributed by atoms with Crippen molar-refractivity contribution in [3.63, 3.8) is 0 Å². The number of aliphatic hydroxyl groups excluding tert-OH is 2. The quantitative estimate of drug-likeness (QED) is 0.255. The Morgan fingerprint density at radius 3 is 2.84 bits per heavy atom. The lowest BCUT2D eigenvalue weighted by molar-refractivity contribution is -0.753. The average molecular weight is 511 g/mol. The predicted octanol–water partition coefficient (Wildman–Crippen LogP) is 2.90. The van der Waals surface area contributed by atoms with E-state index >= 15 is 0 Å². The molecule has 196 valence electrons. The van der Waals surface area contributed by atoms with Crippen molar-refractivity contribution in [1.29, 1.82) is 0 Å². The molecule has 0 bridgehead atoms. The number of hydrogen-bond donors (Lipinski definition) is 4. The zero-order valence-electron chi connectivity index (χ0n) is 21.1. The third kappa shape index (κ3) is 5.28. The number of H-pyrrole nitrogens is 1.